The van der Waals surface area contributed by atoms with E-state index in [2.05, 4.69) is 5.32 Å². The van der Waals surface area contributed by atoms with Gasteiger partial charge in [-0.2, -0.15) is 0 Å². The number of carbonyl (C=O) groups is 1. The lowest BCUT2D eigenvalue weighted by Crippen LogP contribution is -2.28. The first-order valence-corrected chi connectivity index (χ1v) is 6.21. The topological polar surface area (TPSA) is 49.3 Å². The van der Waals surface area contributed by atoms with Crippen LogP contribution in [-0.4, -0.2) is 17.6 Å². The third kappa shape index (κ3) is 5.20. The van der Waals surface area contributed by atoms with Crippen molar-refractivity contribution in [2.45, 2.75) is 32.3 Å². The quantitative estimate of drug-likeness (QED) is 0.821. The Bertz CT molecular complexity index is 351. The Morgan fingerprint density at radius 1 is 1.41 bits per heavy atom. The highest BCUT2D eigenvalue weighted by atomic mass is 35.5. The lowest BCUT2D eigenvalue weighted by molar-refractivity contribution is -0.121. The average Bonchev–Trinajstić information content (AvgIpc) is 2.34. The zero-order chi connectivity index (χ0) is 12.7. The fourth-order valence-corrected chi connectivity index (χ4v) is 1.57. The van der Waals surface area contributed by atoms with Gasteiger partial charge in [0.05, 0.1) is 6.10 Å². The van der Waals surface area contributed by atoms with Crippen molar-refractivity contribution in [2.24, 2.45) is 0 Å². The molecule has 94 valence electrons. The van der Waals surface area contributed by atoms with Gasteiger partial charge in [0.25, 0.3) is 0 Å². The van der Waals surface area contributed by atoms with Gasteiger partial charge in [0.2, 0.25) is 5.91 Å². The minimum absolute atomic E-state index is 0.0140. The fourth-order valence-electron chi connectivity index (χ4n) is 1.44. The van der Waals surface area contributed by atoms with Gasteiger partial charge in [-0.25, -0.2) is 0 Å². The number of halogens is 1. The standard InChI is InChI=1S/C13H18ClNO2/c1-2-3-4-13(17)15-9-12(16)10-5-7-11(14)8-6-10/h5-8,12,16H,2-4,9H2,1H3,(H,15,17). The molecule has 3 nitrogen and oxygen atoms in total. The minimum Gasteiger partial charge on any atom is -0.387 e. The van der Waals surface area contributed by atoms with Crippen LogP contribution in [0.25, 0.3) is 0 Å². The van der Waals surface area contributed by atoms with Crippen molar-refractivity contribution in [1.29, 1.82) is 0 Å². The molecule has 0 aromatic heterocycles. The summed E-state index contributed by atoms with van der Waals surface area (Å²) in [6, 6.07) is 6.95. The van der Waals surface area contributed by atoms with Crippen LogP contribution in [0.15, 0.2) is 24.3 Å². The molecule has 1 atom stereocenters. The Labute approximate surface area is 107 Å². The van der Waals surface area contributed by atoms with E-state index in [0.717, 1.165) is 18.4 Å². The minimum atomic E-state index is -0.683. The lowest BCUT2D eigenvalue weighted by Gasteiger charge is -2.12. The van der Waals surface area contributed by atoms with Crippen molar-refractivity contribution in [3.8, 4) is 0 Å². The Morgan fingerprint density at radius 3 is 2.65 bits per heavy atom. The maximum atomic E-state index is 11.3. The number of hydrogen-bond donors (Lipinski definition) is 2. The van der Waals surface area contributed by atoms with Gasteiger partial charge in [0.1, 0.15) is 0 Å². The van der Waals surface area contributed by atoms with Gasteiger partial charge in [0, 0.05) is 18.0 Å². The van der Waals surface area contributed by atoms with Crippen LogP contribution in [0.4, 0.5) is 0 Å². The van der Waals surface area contributed by atoms with Crippen molar-refractivity contribution in [1.82, 2.24) is 5.32 Å². The van der Waals surface area contributed by atoms with Crippen LogP contribution in [0.3, 0.4) is 0 Å². The highest BCUT2D eigenvalue weighted by Crippen LogP contribution is 2.15. The molecule has 0 saturated carbocycles. The van der Waals surface area contributed by atoms with Gasteiger partial charge in [0.15, 0.2) is 0 Å². The highest BCUT2D eigenvalue weighted by molar-refractivity contribution is 6.30. The summed E-state index contributed by atoms with van der Waals surface area (Å²) in [5.41, 5.74) is 0.755. The van der Waals surface area contributed by atoms with Crippen LogP contribution >= 0.6 is 11.6 Å². The molecule has 0 heterocycles. The molecule has 1 unspecified atom stereocenters. The van der Waals surface area contributed by atoms with Crippen molar-refractivity contribution in [3.63, 3.8) is 0 Å². The molecule has 4 heteroatoms. The van der Waals surface area contributed by atoms with E-state index >= 15 is 0 Å². The third-order valence-electron chi connectivity index (χ3n) is 2.50. The third-order valence-corrected chi connectivity index (χ3v) is 2.76. The van der Waals surface area contributed by atoms with Gasteiger partial charge in [-0.1, -0.05) is 37.1 Å². The highest BCUT2D eigenvalue weighted by Gasteiger charge is 2.08. The van der Waals surface area contributed by atoms with E-state index in [1.165, 1.54) is 0 Å². The fraction of sp³-hybridized carbons (Fsp3) is 0.462. The molecule has 1 aromatic carbocycles. The molecule has 17 heavy (non-hydrogen) atoms. The second-order valence-electron chi connectivity index (χ2n) is 3.97. The number of benzene rings is 1. The number of nitrogens with one attached hydrogen (secondary N) is 1. The molecule has 0 aliphatic rings. The predicted molar refractivity (Wildman–Crippen MR) is 68.9 cm³/mol. The second kappa shape index (κ2) is 7.30. The van der Waals surface area contributed by atoms with Crippen LogP contribution in [0.5, 0.6) is 0 Å². The summed E-state index contributed by atoms with van der Waals surface area (Å²) in [7, 11) is 0. The summed E-state index contributed by atoms with van der Waals surface area (Å²) < 4.78 is 0. The molecule has 0 radical (unpaired) electrons. The SMILES string of the molecule is CCCCC(=O)NCC(O)c1ccc(Cl)cc1. The molecule has 1 aromatic rings. The van der Waals surface area contributed by atoms with Crippen LogP contribution < -0.4 is 5.32 Å². The maximum Gasteiger partial charge on any atom is 0.220 e. The van der Waals surface area contributed by atoms with Gasteiger partial charge in [-0.15, -0.1) is 0 Å². The second-order valence-corrected chi connectivity index (χ2v) is 4.41. The van der Waals surface area contributed by atoms with Crippen LogP contribution in [0.2, 0.25) is 5.02 Å². The first kappa shape index (κ1) is 14.0. The zero-order valence-electron chi connectivity index (χ0n) is 9.95. The van der Waals surface area contributed by atoms with Crippen molar-refractivity contribution in [2.75, 3.05) is 6.54 Å². The normalized spacial score (nSPS) is 12.2. The molecule has 0 spiro atoms. The molecule has 0 fully saturated rings. The number of hydrogen-bond acceptors (Lipinski definition) is 2. The Morgan fingerprint density at radius 2 is 2.06 bits per heavy atom. The van der Waals surface area contributed by atoms with E-state index in [9.17, 15) is 9.90 Å². The first-order valence-electron chi connectivity index (χ1n) is 5.83. The lowest BCUT2D eigenvalue weighted by atomic mass is 10.1. The van der Waals surface area contributed by atoms with E-state index in [4.69, 9.17) is 11.6 Å². The Hall–Kier alpha value is -1.06. The van der Waals surface area contributed by atoms with Gasteiger partial charge in [-0.3, -0.25) is 4.79 Å². The van der Waals surface area contributed by atoms with E-state index in [1.54, 1.807) is 24.3 Å². The molecule has 0 aliphatic heterocycles. The van der Waals surface area contributed by atoms with Crippen LogP contribution in [0, 0.1) is 0 Å². The molecule has 0 saturated heterocycles. The van der Waals surface area contributed by atoms with E-state index in [-0.39, 0.29) is 12.5 Å². The largest absolute Gasteiger partial charge is 0.387 e. The molecule has 0 aliphatic carbocycles. The van der Waals surface area contributed by atoms with E-state index < -0.39 is 6.10 Å². The summed E-state index contributed by atoms with van der Waals surface area (Å²) in [6.45, 7) is 2.28. The smallest absolute Gasteiger partial charge is 0.220 e. The summed E-state index contributed by atoms with van der Waals surface area (Å²) >= 11 is 5.75. The number of aliphatic hydroxyl groups is 1. The van der Waals surface area contributed by atoms with Crippen molar-refractivity contribution in [3.05, 3.63) is 34.9 Å². The first-order chi connectivity index (χ1) is 8.13. The number of amides is 1. The average molecular weight is 256 g/mol. The van der Waals surface area contributed by atoms with Gasteiger partial charge in [-0.05, 0) is 24.1 Å². The van der Waals surface area contributed by atoms with Crippen molar-refractivity contribution < 1.29 is 9.90 Å². The van der Waals surface area contributed by atoms with Crippen LogP contribution in [-0.2, 0) is 4.79 Å². The molecule has 1 amide bonds. The number of unbranched alkanes of at least 4 members (excludes halogenated alkanes) is 1. The predicted octanol–water partition coefficient (Wildman–Crippen LogP) is 2.68. The molecular formula is C13H18ClNO2. The van der Waals surface area contributed by atoms with Crippen LogP contribution in [0.1, 0.15) is 37.9 Å². The Kier molecular flexibility index (Phi) is 6.01. The number of rotatable bonds is 6. The van der Waals surface area contributed by atoms with Gasteiger partial charge < -0.3 is 10.4 Å². The molecule has 2 N–H and O–H groups in total. The molecular weight excluding hydrogens is 238 g/mol. The molecule has 0 bridgehead atoms. The zero-order valence-corrected chi connectivity index (χ0v) is 10.7. The van der Waals surface area contributed by atoms with Crippen molar-refractivity contribution >= 4 is 17.5 Å². The Balaban J connectivity index is 2.36. The monoisotopic (exact) mass is 255 g/mol. The summed E-state index contributed by atoms with van der Waals surface area (Å²) in [5.74, 6) is -0.0140. The maximum absolute atomic E-state index is 11.3. The van der Waals surface area contributed by atoms with E-state index in [0.29, 0.717) is 11.4 Å². The summed E-state index contributed by atoms with van der Waals surface area (Å²) in [4.78, 5) is 11.3. The number of aliphatic hydroxyl groups excluding tert-OH is 1. The molecule has 1 rings (SSSR count). The summed E-state index contributed by atoms with van der Waals surface area (Å²) in [6.07, 6.45) is 1.71. The van der Waals surface area contributed by atoms with Gasteiger partial charge >= 0.3 is 0 Å². The summed E-state index contributed by atoms with van der Waals surface area (Å²) in [5, 5.41) is 13.2. The van der Waals surface area contributed by atoms with E-state index in [1.807, 2.05) is 6.92 Å². The number of carbonyl (C=O) groups excluding carboxylic acids is 1.